The Morgan fingerprint density at radius 1 is 0.620 bits per heavy atom. The van der Waals surface area contributed by atoms with Crippen LogP contribution in [0.1, 0.15) is 27.6 Å². The minimum absolute atomic E-state index is 0.00878. The first-order chi connectivity index (χ1) is 24.4. The molecule has 6 aromatic carbocycles. The van der Waals surface area contributed by atoms with E-state index in [1.165, 1.54) is 11.8 Å². The van der Waals surface area contributed by atoms with E-state index in [2.05, 4.69) is 10.6 Å². The molecular weight excluding hydrogens is 639 g/mol. The van der Waals surface area contributed by atoms with Gasteiger partial charge in [-0.15, -0.1) is 11.8 Å². The number of anilines is 1. The Kier molecular flexibility index (Phi) is 9.40. The second-order valence-corrected chi connectivity index (χ2v) is 13.2. The van der Waals surface area contributed by atoms with Gasteiger partial charge in [0.05, 0.1) is 16.3 Å². The summed E-state index contributed by atoms with van der Waals surface area (Å²) in [4.78, 5) is 41.4. The predicted octanol–water partition coefficient (Wildman–Crippen LogP) is 9.69. The average Bonchev–Trinajstić information content (AvgIpc) is 3.50. The maximum Gasteiger partial charge on any atom is 0.272 e. The van der Waals surface area contributed by atoms with Crippen molar-refractivity contribution in [3.8, 4) is 11.1 Å². The highest BCUT2D eigenvalue weighted by Gasteiger charge is 2.22. The molecule has 0 aliphatic rings. The summed E-state index contributed by atoms with van der Waals surface area (Å²) in [5, 5.41) is 7.45. The summed E-state index contributed by atoms with van der Waals surface area (Å²) in [6.07, 6.45) is 1.66. The number of nitrogens with zero attached hydrogens (tertiary/aromatic N) is 1. The van der Waals surface area contributed by atoms with Crippen LogP contribution in [-0.2, 0) is 4.79 Å². The predicted molar refractivity (Wildman–Crippen MR) is 204 cm³/mol. The van der Waals surface area contributed by atoms with E-state index in [0.29, 0.717) is 11.3 Å². The molecule has 0 saturated heterocycles. The van der Waals surface area contributed by atoms with E-state index >= 15 is 0 Å². The molecule has 0 bridgehead atoms. The maximum atomic E-state index is 13.8. The van der Waals surface area contributed by atoms with E-state index in [1.807, 2.05) is 133 Å². The number of rotatable bonds is 9. The molecule has 0 aliphatic carbocycles. The van der Waals surface area contributed by atoms with Crippen LogP contribution < -0.4 is 10.6 Å². The second-order valence-electron chi connectivity index (χ2n) is 11.8. The Hall–Kier alpha value is -6.18. The molecule has 0 radical (unpaired) electrons. The molecule has 6 nitrogen and oxygen atoms in total. The quantitative estimate of drug-likeness (QED) is 0.118. The molecule has 2 amide bonds. The lowest BCUT2D eigenvalue weighted by Gasteiger charge is -2.14. The van der Waals surface area contributed by atoms with Gasteiger partial charge in [-0.05, 0) is 78.2 Å². The highest BCUT2D eigenvalue weighted by Crippen LogP contribution is 2.32. The zero-order chi connectivity index (χ0) is 34.5. The van der Waals surface area contributed by atoms with Gasteiger partial charge in [0, 0.05) is 26.9 Å². The number of carbonyl (C=O) groups is 3. The number of hydrogen-bond donors (Lipinski definition) is 2. The fourth-order valence-electron chi connectivity index (χ4n) is 5.92. The minimum Gasteiger partial charge on any atom is -0.321 e. The number of thioether (sulfide) groups is 1. The number of aromatic nitrogens is 1. The smallest absolute Gasteiger partial charge is 0.272 e. The first-order valence-electron chi connectivity index (χ1n) is 16.3. The van der Waals surface area contributed by atoms with Crippen molar-refractivity contribution in [2.45, 2.75) is 17.1 Å². The molecule has 7 rings (SSSR count). The highest BCUT2D eigenvalue weighted by molar-refractivity contribution is 8.00. The first kappa shape index (κ1) is 32.4. The van der Waals surface area contributed by atoms with Crippen molar-refractivity contribution in [3.05, 3.63) is 175 Å². The van der Waals surface area contributed by atoms with E-state index in [-0.39, 0.29) is 22.8 Å². The topological polar surface area (TPSA) is 80.2 Å². The van der Waals surface area contributed by atoms with Gasteiger partial charge in [0.15, 0.2) is 0 Å². The normalized spacial score (nSPS) is 12.1. The van der Waals surface area contributed by atoms with E-state index in [9.17, 15) is 14.4 Å². The molecule has 1 atom stereocenters. The fraction of sp³-hybridized carbons (Fsp3) is 0.0465. The molecule has 0 fully saturated rings. The van der Waals surface area contributed by atoms with Crippen LogP contribution in [0.3, 0.4) is 0 Å². The Bertz CT molecular complexity index is 2290. The van der Waals surface area contributed by atoms with Gasteiger partial charge in [-0.1, -0.05) is 109 Å². The summed E-state index contributed by atoms with van der Waals surface area (Å²) in [6.45, 7) is 1.91. The highest BCUT2D eigenvalue weighted by atomic mass is 32.2. The third kappa shape index (κ3) is 6.99. The van der Waals surface area contributed by atoms with Gasteiger partial charge < -0.3 is 10.6 Å². The Labute approximate surface area is 294 Å². The van der Waals surface area contributed by atoms with Crippen molar-refractivity contribution >= 4 is 63.1 Å². The number of amides is 2. The summed E-state index contributed by atoms with van der Waals surface area (Å²) in [5.41, 5.74) is 5.78. The largest absolute Gasteiger partial charge is 0.321 e. The zero-order valence-electron chi connectivity index (χ0n) is 27.2. The SMILES string of the molecule is CC(Sc1ccc(NC(=O)/C(=C/c2ccc(-c3ccccc3)cc2)NC(=O)c2ccccc2)cc1)C(=O)n1c2ccccc2c2ccccc21. The second kappa shape index (κ2) is 14.5. The molecule has 1 unspecified atom stereocenters. The van der Waals surface area contributed by atoms with E-state index < -0.39 is 5.91 Å². The van der Waals surface area contributed by atoms with Gasteiger partial charge in [0.25, 0.3) is 11.8 Å². The zero-order valence-corrected chi connectivity index (χ0v) is 28.1. The van der Waals surface area contributed by atoms with Gasteiger partial charge >= 0.3 is 0 Å². The Morgan fingerprint density at radius 3 is 1.78 bits per heavy atom. The van der Waals surface area contributed by atoms with Gasteiger partial charge in [0.2, 0.25) is 5.91 Å². The van der Waals surface area contributed by atoms with Gasteiger partial charge in [-0.25, -0.2) is 0 Å². The summed E-state index contributed by atoms with van der Waals surface area (Å²) in [7, 11) is 0. The Balaban J connectivity index is 1.08. The van der Waals surface area contributed by atoms with Crippen LogP contribution in [0.2, 0.25) is 0 Å². The number of fused-ring (bicyclic) bond motifs is 3. The lowest BCUT2D eigenvalue weighted by Crippen LogP contribution is -2.30. The van der Waals surface area contributed by atoms with Gasteiger partial charge in [0.1, 0.15) is 5.70 Å². The van der Waals surface area contributed by atoms with Crippen LogP contribution in [-0.4, -0.2) is 27.5 Å². The average molecular weight is 672 g/mol. The van der Waals surface area contributed by atoms with Crippen LogP contribution in [0.15, 0.2) is 168 Å². The molecule has 7 aromatic rings. The molecule has 7 heteroatoms. The van der Waals surface area contributed by atoms with Crippen molar-refractivity contribution in [1.29, 1.82) is 0 Å². The summed E-state index contributed by atoms with van der Waals surface area (Å²) in [5.74, 6) is -0.858. The lowest BCUT2D eigenvalue weighted by molar-refractivity contribution is -0.113. The maximum absolute atomic E-state index is 13.8. The van der Waals surface area contributed by atoms with Gasteiger partial charge in [-0.2, -0.15) is 0 Å². The number of hydrogen-bond acceptors (Lipinski definition) is 4. The van der Waals surface area contributed by atoms with Crippen LogP contribution in [0, 0.1) is 0 Å². The minimum atomic E-state index is -0.461. The number of para-hydroxylation sites is 2. The lowest BCUT2D eigenvalue weighted by atomic mass is 10.0. The molecule has 0 spiro atoms. The molecule has 2 N–H and O–H groups in total. The van der Waals surface area contributed by atoms with Crippen LogP contribution in [0.5, 0.6) is 0 Å². The van der Waals surface area contributed by atoms with Crippen LogP contribution in [0.25, 0.3) is 39.0 Å². The molecule has 244 valence electrons. The van der Waals surface area contributed by atoms with Gasteiger partial charge in [-0.3, -0.25) is 19.0 Å². The summed E-state index contributed by atoms with van der Waals surface area (Å²) < 4.78 is 1.81. The molecular formula is C43H33N3O3S. The molecule has 1 aromatic heterocycles. The Morgan fingerprint density at radius 2 is 1.16 bits per heavy atom. The van der Waals surface area contributed by atoms with E-state index in [0.717, 1.165) is 43.4 Å². The van der Waals surface area contributed by atoms with Crippen LogP contribution in [0.4, 0.5) is 5.69 Å². The number of benzene rings is 6. The van der Waals surface area contributed by atoms with Crippen molar-refractivity contribution in [3.63, 3.8) is 0 Å². The first-order valence-corrected chi connectivity index (χ1v) is 17.2. The monoisotopic (exact) mass is 671 g/mol. The third-order valence-electron chi connectivity index (χ3n) is 8.43. The summed E-state index contributed by atoms with van der Waals surface area (Å²) >= 11 is 1.46. The molecule has 1 heterocycles. The van der Waals surface area contributed by atoms with E-state index in [4.69, 9.17) is 0 Å². The number of nitrogens with one attached hydrogen (secondary N) is 2. The van der Waals surface area contributed by atoms with Crippen molar-refractivity contribution in [1.82, 2.24) is 9.88 Å². The van der Waals surface area contributed by atoms with Crippen molar-refractivity contribution < 1.29 is 14.4 Å². The molecule has 50 heavy (non-hydrogen) atoms. The molecule has 0 saturated carbocycles. The van der Waals surface area contributed by atoms with Crippen molar-refractivity contribution in [2.24, 2.45) is 0 Å². The van der Waals surface area contributed by atoms with E-state index in [1.54, 1.807) is 42.5 Å². The fourth-order valence-corrected chi connectivity index (χ4v) is 6.83. The van der Waals surface area contributed by atoms with Crippen LogP contribution >= 0.6 is 11.8 Å². The standard InChI is InChI=1S/C43H33N3O3S/c1-29(43(49)46-39-18-10-8-16-36(39)37-17-9-11-19-40(37)46)50-35-26-24-34(25-27-35)44-42(48)38(45-41(47)33-14-6-3-7-15-33)28-30-20-22-32(23-21-30)31-12-4-2-5-13-31/h2-29H,1H3,(H,44,48)(H,45,47)/b38-28-. The number of carbonyl (C=O) groups excluding carboxylic acids is 3. The summed E-state index contributed by atoms with van der Waals surface area (Å²) in [6, 6.07) is 49.9. The third-order valence-corrected chi connectivity index (χ3v) is 9.53. The van der Waals surface area contributed by atoms with Crippen molar-refractivity contribution in [2.75, 3.05) is 5.32 Å². The molecule has 0 aliphatic heterocycles.